The number of hydrogen-bond acceptors (Lipinski definition) is 5. The van der Waals surface area contributed by atoms with Crippen LogP contribution in [0.3, 0.4) is 0 Å². The van der Waals surface area contributed by atoms with Gasteiger partial charge in [-0.3, -0.25) is 15.0 Å². The highest BCUT2D eigenvalue weighted by Crippen LogP contribution is 2.33. The van der Waals surface area contributed by atoms with E-state index in [9.17, 15) is 10.1 Å². The van der Waals surface area contributed by atoms with Gasteiger partial charge in [0.2, 0.25) is 0 Å². The molecule has 1 fully saturated rings. The molecule has 1 heterocycles. The van der Waals surface area contributed by atoms with Crippen LogP contribution in [-0.2, 0) is 6.54 Å². The number of nitrogens with zero attached hydrogens (tertiary/aromatic N) is 3. The lowest BCUT2D eigenvalue weighted by molar-refractivity contribution is -0.384. The molecule has 3 rings (SSSR count). The molecule has 0 bridgehead atoms. The maximum Gasteiger partial charge on any atom is 0.292 e. The summed E-state index contributed by atoms with van der Waals surface area (Å²) in [5.41, 5.74) is 9.10. The van der Waals surface area contributed by atoms with E-state index in [0.29, 0.717) is 24.5 Å². The average Bonchev–Trinajstić information content (AvgIpc) is 2.59. The molecule has 0 saturated carbocycles. The number of halogens is 3. The van der Waals surface area contributed by atoms with Crippen molar-refractivity contribution in [2.45, 2.75) is 13.5 Å². The molecule has 2 aromatic carbocycles. The number of rotatable bonds is 4. The molecule has 0 unspecified atom stereocenters. The molecule has 2 N–H and O–H groups in total. The lowest BCUT2D eigenvalue weighted by atomic mass is 10.1. The smallest absolute Gasteiger partial charge is 0.292 e. The lowest BCUT2D eigenvalue weighted by Crippen LogP contribution is -2.46. The minimum absolute atomic E-state index is 0. The van der Waals surface area contributed by atoms with Crippen molar-refractivity contribution < 1.29 is 4.92 Å². The third-order valence-corrected chi connectivity index (χ3v) is 4.99. The molecule has 2 aromatic rings. The normalized spacial score (nSPS) is 14.2. The minimum atomic E-state index is -0.335. The molecule has 0 radical (unpaired) electrons. The Morgan fingerprint density at radius 1 is 1.15 bits per heavy atom. The van der Waals surface area contributed by atoms with Gasteiger partial charge in [0.15, 0.2) is 0 Å². The van der Waals surface area contributed by atoms with Crippen molar-refractivity contribution in [2.75, 3.05) is 36.8 Å². The van der Waals surface area contributed by atoms with Crippen molar-refractivity contribution >= 4 is 53.5 Å². The first-order valence-electron chi connectivity index (χ1n) is 8.21. The molecule has 0 aliphatic carbocycles. The summed E-state index contributed by atoms with van der Waals surface area (Å²) >= 11 is 6.23. The van der Waals surface area contributed by atoms with Gasteiger partial charge in [0, 0.05) is 49.5 Å². The molecule has 9 heteroatoms. The first-order valence-corrected chi connectivity index (χ1v) is 8.58. The number of aryl methyl sites for hydroxylation is 1. The number of piperazine rings is 1. The fraction of sp³-hybridized carbons (Fsp3) is 0.333. The van der Waals surface area contributed by atoms with Gasteiger partial charge in [-0.25, -0.2) is 0 Å². The molecule has 27 heavy (non-hydrogen) atoms. The Morgan fingerprint density at radius 2 is 1.78 bits per heavy atom. The maximum atomic E-state index is 11.4. The second kappa shape index (κ2) is 9.99. The Bertz CT molecular complexity index is 796. The van der Waals surface area contributed by atoms with Crippen LogP contribution in [-0.4, -0.2) is 36.0 Å². The molecule has 148 valence electrons. The van der Waals surface area contributed by atoms with Crippen molar-refractivity contribution in [3.63, 3.8) is 0 Å². The Labute approximate surface area is 176 Å². The van der Waals surface area contributed by atoms with Crippen molar-refractivity contribution in [3.05, 3.63) is 62.7 Å². The van der Waals surface area contributed by atoms with Crippen LogP contribution < -0.4 is 10.6 Å². The molecule has 1 saturated heterocycles. The van der Waals surface area contributed by atoms with E-state index in [1.165, 1.54) is 0 Å². The van der Waals surface area contributed by atoms with E-state index in [4.69, 9.17) is 17.3 Å². The summed E-state index contributed by atoms with van der Waals surface area (Å²) in [5, 5.41) is 12.2. The molecular weight excluding hydrogens is 411 g/mol. The Hall–Kier alpha value is -1.73. The second-order valence-electron chi connectivity index (χ2n) is 6.31. The number of nitro groups is 1. The summed E-state index contributed by atoms with van der Waals surface area (Å²) < 4.78 is 0. The molecule has 0 spiro atoms. The maximum absolute atomic E-state index is 11.4. The van der Waals surface area contributed by atoms with Crippen LogP contribution in [0.15, 0.2) is 36.4 Å². The van der Waals surface area contributed by atoms with Crippen molar-refractivity contribution in [3.8, 4) is 0 Å². The van der Waals surface area contributed by atoms with Crippen molar-refractivity contribution in [1.29, 1.82) is 0 Å². The summed E-state index contributed by atoms with van der Waals surface area (Å²) in [4.78, 5) is 15.4. The van der Waals surface area contributed by atoms with Gasteiger partial charge in [-0.05, 0) is 30.2 Å². The second-order valence-corrected chi connectivity index (χ2v) is 6.72. The minimum Gasteiger partial charge on any atom is -0.398 e. The van der Waals surface area contributed by atoms with Crippen molar-refractivity contribution in [1.82, 2.24) is 4.90 Å². The van der Waals surface area contributed by atoms with Crippen LogP contribution in [0.2, 0.25) is 5.02 Å². The summed E-state index contributed by atoms with van der Waals surface area (Å²) in [6, 6.07) is 11.1. The quantitative estimate of drug-likeness (QED) is 0.442. The number of nitrogen functional groups attached to an aromatic ring is 1. The third-order valence-electron chi connectivity index (χ3n) is 4.62. The SMILES string of the molecule is Cc1cc([N+](=O)[O-])c(N2CCN(Cc3ccccc3Cl)CC2)cc1N.Cl.Cl. The standard InChI is InChI=1S/C18H21ClN4O2.2ClH/c1-13-10-18(23(24)25)17(11-16(13)20)22-8-6-21(7-9-22)12-14-4-2-3-5-15(14)19;;/h2-5,10-11H,6-9,12,20H2,1H3;2*1H. The number of benzene rings is 2. The van der Waals surface area contributed by atoms with Gasteiger partial charge >= 0.3 is 0 Å². The van der Waals surface area contributed by atoms with Gasteiger partial charge in [-0.2, -0.15) is 0 Å². The van der Waals surface area contributed by atoms with Gasteiger partial charge in [0.25, 0.3) is 5.69 Å². The van der Waals surface area contributed by atoms with Gasteiger partial charge in [-0.15, -0.1) is 24.8 Å². The molecule has 6 nitrogen and oxygen atoms in total. The molecule has 0 amide bonds. The first-order chi connectivity index (χ1) is 12.0. The highest BCUT2D eigenvalue weighted by Gasteiger charge is 2.25. The topological polar surface area (TPSA) is 75.6 Å². The van der Waals surface area contributed by atoms with Gasteiger partial charge in [-0.1, -0.05) is 29.8 Å². The number of nitrogens with two attached hydrogens (primary N) is 1. The van der Waals surface area contributed by atoms with Crippen LogP contribution in [0.1, 0.15) is 11.1 Å². The zero-order valence-electron chi connectivity index (χ0n) is 14.9. The average molecular weight is 434 g/mol. The monoisotopic (exact) mass is 432 g/mol. The Kier molecular flexibility index (Phi) is 8.62. The van der Waals surface area contributed by atoms with E-state index in [2.05, 4.69) is 4.90 Å². The predicted molar refractivity (Wildman–Crippen MR) is 116 cm³/mol. The summed E-state index contributed by atoms with van der Waals surface area (Å²) in [6.45, 7) is 5.63. The molecule has 0 atom stereocenters. The molecular formula is C18H23Cl3N4O2. The summed E-state index contributed by atoms with van der Waals surface area (Å²) in [5.74, 6) is 0. The Balaban J connectivity index is 0.00000182. The number of nitro benzene ring substituents is 1. The highest BCUT2D eigenvalue weighted by molar-refractivity contribution is 6.31. The van der Waals surface area contributed by atoms with Crippen LogP contribution >= 0.6 is 36.4 Å². The fourth-order valence-electron chi connectivity index (χ4n) is 3.11. The summed E-state index contributed by atoms with van der Waals surface area (Å²) in [7, 11) is 0. The first kappa shape index (κ1) is 23.3. The number of hydrogen-bond donors (Lipinski definition) is 1. The van der Waals surface area contributed by atoms with E-state index < -0.39 is 0 Å². The van der Waals surface area contributed by atoms with Gasteiger partial charge in [0.1, 0.15) is 5.69 Å². The molecule has 1 aliphatic heterocycles. The van der Waals surface area contributed by atoms with E-state index >= 15 is 0 Å². The highest BCUT2D eigenvalue weighted by atomic mass is 35.5. The number of anilines is 2. The predicted octanol–water partition coefficient (Wildman–Crippen LogP) is 4.30. The van der Waals surface area contributed by atoms with Crippen LogP contribution in [0.25, 0.3) is 0 Å². The fourth-order valence-corrected chi connectivity index (χ4v) is 3.31. The van der Waals surface area contributed by atoms with E-state index in [-0.39, 0.29) is 35.4 Å². The van der Waals surface area contributed by atoms with Gasteiger partial charge < -0.3 is 10.6 Å². The molecule has 1 aliphatic rings. The third kappa shape index (κ3) is 5.39. The van der Waals surface area contributed by atoms with Crippen LogP contribution in [0.5, 0.6) is 0 Å². The largest absolute Gasteiger partial charge is 0.398 e. The summed E-state index contributed by atoms with van der Waals surface area (Å²) in [6.07, 6.45) is 0. The Morgan fingerprint density at radius 3 is 2.37 bits per heavy atom. The lowest BCUT2D eigenvalue weighted by Gasteiger charge is -2.36. The molecule has 0 aromatic heterocycles. The van der Waals surface area contributed by atoms with E-state index in [1.54, 1.807) is 19.1 Å². The van der Waals surface area contributed by atoms with Gasteiger partial charge in [0.05, 0.1) is 4.92 Å². The zero-order chi connectivity index (χ0) is 18.0. The van der Waals surface area contributed by atoms with Crippen LogP contribution in [0.4, 0.5) is 17.1 Å². The van der Waals surface area contributed by atoms with E-state index in [1.807, 2.05) is 29.2 Å². The van der Waals surface area contributed by atoms with Crippen LogP contribution in [0, 0.1) is 17.0 Å². The zero-order valence-corrected chi connectivity index (χ0v) is 17.3. The van der Waals surface area contributed by atoms with Crippen molar-refractivity contribution in [2.24, 2.45) is 0 Å². The van der Waals surface area contributed by atoms with E-state index in [0.717, 1.165) is 35.8 Å².